The lowest BCUT2D eigenvalue weighted by Crippen LogP contribution is -2.55. The van der Waals surface area contributed by atoms with Gasteiger partial charge in [0.15, 0.2) is 0 Å². The molecule has 0 bridgehead atoms. The fourth-order valence-corrected chi connectivity index (χ4v) is 3.92. The molecule has 0 spiro atoms. The summed E-state index contributed by atoms with van der Waals surface area (Å²) in [5.74, 6) is 0.533. The zero-order chi connectivity index (χ0) is 19.1. The highest BCUT2D eigenvalue weighted by atomic mass is 16.5. The molecule has 2 fully saturated rings. The Labute approximate surface area is 160 Å². The molecule has 7 heteroatoms. The molecule has 27 heavy (non-hydrogen) atoms. The van der Waals surface area contributed by atoms with Gasteiger partial charge in [0.1, 0.15) is 12.4 Å². The summed E-state index contributed by atoms with van der Waals surface area (Å²) in [4.78, 5) is 15.0. The number of ether oxygens (including phenoxy) is 2. The van der Waals surface area contributed by atoms with E-state index < -0.39 is 6.10 Å². The van der Waals surface area contributed by atoms with Gasteiger partial charge in [-0.2, -0.15) is 0 Å². The predicted octanol–water partition coefficient (Wildman–Crippen LogP) is 0.758. The second-order valence-electron chi connectivity index (χ2n) is 7.23. The Balaban J connectivity index is 1.61. The molecule has 1 saturated heterocycles. The average Bonchev–Trinajstić information content (AvgIpc) is 2.89. The number of nitrogens with one attached hydrogen (secondary N) is 1. The molecule has 1 heterocycles. The average molecular weight is 377 g/mol. The van der Waals surface area contributed by atoms with Crippen LogP contribution in [0.3, 0.4) is 0 Å². The van der Waals surface area contributed by atoms with Crippen molar-refractivity contribution in [3.05, 3.63) is 29.8 Å². The van der Waals surface area contributed by atoms with Gasteiger partial charge in [0.25, 0.3) is 5.91 Å². The molecule has 3 atom stereocenters. The van der Waals surface area contributed by atoms with Crippen molar-refractivity contribution in [1.82, 2.24) is 10.2 Å². The monoisotopic (exact) mass is 377 g/mol. The third-order valence-electron chi connectivity index (χ3n) is 5.41. The minimum Gasteiger partial charge on any atom is -0.492 e. The molecular formula is C20H31N3O4. The number of hydrogen-bond acceptors (Lipinski definition) is 6. The highest BCUT2D eigenvalue weighted by molar-refractivity contribution is 5.94. The first kappa shape index (κ1) is 20.1. The fraction of sp³-hybridized carbons (Fsp3) is 0.650. The summed E-state index contributed by atoms with van der Waals surface area (Å²) in [5.41, 5.74) is 5.99. The van der Waals surface area contributed by atoms with Crippen molar-refractivity contribution in [3.63, 3.8) is 0 Å². The molecule has 1 amide bonds. The first-order chi connectivity index (χ1) is 13.2. The van der Waals surface area contributed by atoms with Crippen molar-refractivity contribution in [1.29, 1.82) is 0 Å². The lowest BCUT2D eigenvalue weighted by atomic mass is 9.99. The molecule has 3 rings (SSSR count). The first-order valence-corrected chi connectivity index (χ1v) is 9.92. The highest BCUT2D eigenvalue weighted by Gasteiger charge is 2.35. The maximum atomic E-state index is 12.7. The second-order valence-corrected chi connectivity index (χ2v) is 7.23. The summed E-state index contributed by atoms with van der Waals surface area (Å²) in [6, 6.07) is 6.86. The Morgan fingerprint density at radius 2 is 1.93 bits per heavy atom. The van der Waals surface area contributed by atoms with Crippen LogP contribution in [0.4, 0.5) is 0 Å². The molecule has 0 unspecified atom stereocenters. The number of carbonyl (C=O) groups is 1. The van der Waals surface area contributed by atoms with Crippen molar-refractivity contribution in [2.24, 2.45) is 5.73 Å². The summed E-state index contributed by atoms with van der Waals surface area (Å²) in [6.07, 6.45) is 3.26. The van der Waals surface area contributed by atoms with Crippen LogP contribution in [0.1, 0.15) is 36.0 Å². The number of carbonyl (C=O) groups excluding carboxylic acids is 1. The van der Waals surface area contributed by atoms with Crippen LogP contribution in [0.5, 0.6) is 5.75 Å². The molecule has 150 valence electrons. The molecule has 1 aliphatic heterocycles. The van der Waals surface area contributed by atoms with Crippen LogP contribution in [0.2, 0.25) is 0 Å². The van der Waals surface area contributed by atoms with Gasteiger partial charge in [0, 0.05) is 31.2 Å². The van der Waals surface area contributed by atoms with Crippen LogP contribution >= 0.6 is 0 Å². The SMILES string of the molecule is NCCOc1ccc(C(=O)N[C@@H]2CCCC[C@@H](N3CCOCC3)[C@@H]2O)cc1. The third kappa shape index (κ3) is 5.42. The van der Waals surface area contributed by atoms with Gasteiger partial charge in [0.05, 0.1) is 25.4 Å². The quantitative estimate of drug-likeness (QED) is 0.634. The van der Waals surface area contributed by atoms with Gasteiger partial charge in [-0.3, -0.25) is 9.69 Å². The number of aliphatic hydroxyl groups is 1. The zero-order valence-electron chi connectivity index (χ0n) is 15.8. The van der Waals surface area contributed by atoms with E-state index in [1.165, 1.54) is 0 Å². The molecule has 0 radical (unpaired) electrons. The van der Waals surface area contributed by atoms with E-state index in [4.69, 9.17) is 15.2 Å². The number of benzene rings is 1. The summed E-state index contributed by atoms with van der Waals surface area (Å²) in [7, 11) is 0. The second kappa shape index (κ2) is 10.0. The van der Waals surface area contributed by atoms with Gasteiger partial charge in [-0.1, -0.05) is 12.8 Å². The van der Waals surface area contributed by atoms with E-state index in [9.17, 15) is 9.90 Å². The number of amides is 1. The molecule has 1 saturated carbocycles. The summed E-state index contributed by atoms with van der Waals surface area (Å²) < 4.78 is 10.9. The van der Waals surface area contributed by atoms with Gasteiger partial charge in [-0.15, -0.1) is 0 Å². The Hall–Kier alpha value is -1.67. The Kier molecular flexibility index (Phi) is 7.46. The van der Waals surface area contributed by atoms with E-state index in [1.54, 1.807) is 24.3 Å². The topological polar surface area (TPSA) is 97.0 Å². The Bertz CT molecular complexity index is 589. The molecule has 1 aliphatic carbocycles. The molecule has 4 N–H and O–H groups in total. The van der Waals surface area contributed by atoms with Crippen molar-refractivity contribution < 1.29 is 19.4 Å². The first-order valence-electron chi connectivity index (χ1n) is 9.92. The van der Waals surface area contributed by atoms with E-state index in [0.29, 0.717) is 37.7 Å². The minimum absolute atomic E-state index is 0.0775. The van der Waals surface area contributed by atoms with E-state index in [-0.39, 0.29) is 18.0 Å². The molecule has 1 aromatic rings. The smallest absolute Gasteiger partial charge is 0.251 e. The van der Waals surface area contributed by atoms with E-state index in [0.717, 1.165) is 38.8 Å². The molecular weight excluding hydrogens is 346 g/mol. The van der Waals surface area contributed by atoms with Crippen LogP contribution in [0, 0.1) is 0 Å². The highest BCUT2D eigenvalue weighted by Crippen LogP contribution is 2.24. The van der Waals surface area contributed by atoms with Crippen molar-refractivity contribution in [2.75, 3.05) is 39.5 Å². The van der Waals surface area contributed by atoms with Gasteiger partial charge in [-0.25, -0.2) is 0 Å². The van der Waals surface area contributed by atoms with E-state index in [1.807, 2.05) is 0 Å². The maximum absolute atomic E-state index is 12.7. The van der Waals surface area contributed by atoms with Crippen molar-refractivity contribution in [3.8, 4) is 5.75 Å². The third-order valence-corrected chi connectivity index (χ3v) is 5.41. The van der Waals surface area contributed by atoms with E-state index in [2.05, 4.69) is 10.2 Å². The van der Waals surface area contributed by atoms with Gasteiger partial charge < -0.3 is 25.6 Å². The number of nitrogens with two attached hydrogens (primary N) is 1. The summed E-state index contributed by atoms with van der Waals surface area (Å²) in [6.45, 7) is 3.99. The summed E-state index contributed by atoms with van der Waals surface area (Å²) >= 11 is 0. The van der Waals surface area contributed by atoms with Gasteiger partial charge in [-0.05, 0) is 37.1 Å². The van der Waals surface area contributed by atoms with Crippen LogP contribution in [0.15, 0.2) is 24.3 Å². The van der Waals surface area contributed by atoms with Crippen molar-refractivity contribution >= 4 is 5.91 Å². The molecule has 7 nitrogen and oxygen atoms in total. The molecule has 2 aliphatic rings. The van der Waals surface area contributed by atoms with Gasteiger partial charge in [0.2, 0.25) is 0 Å². The Morgan fingerprint density at radius 3 is 2.63 bits per heavy atom. The summed E-state index contributed by atoms with van der Waals surface area (Å²) in [5, 5.41) is 14.0. The predicted molar refractivity (Wildman–Crippen MR) is 103 cm³/mol. The van der Waals surface area contributed by atoms with Crippen LogP contribution in [-0.2, 0) is 4.74 Å². The number of rotatable bonds is 6. The maximum Gasteiger partial charge on any atom is 0.251 e. The van der Waals surface area contributed by atoms with Gasteiger partial charge >= 0.3 is 0 Å². The fourth-order valence-electron chi connectivity index (χ4n) is 3.92. The Morgan fingerprint density at radius 1 is 1.22 bits per heavy atom. The van der Waals surface area contributed by atoms with Crippen LogP contribution < -0.4 is 15.8 Å². The lowest BCUT2D eigenvalue weighted by molar-refractivity contribution is -0.0308. The number of aliphatic hydroxyl groups excluding tert-OH is 1. The largest absolute Gasteiger partial charge is 0.492 e. The standard InChI is InChI=1S/C20H31N3O4/c21-9-12-27-16-7-5-15(6-8-16)20(25)22-17-3-1-2-4-18(19(17)24)23-10-13-26-14-11-23/h5-8,17-19,24H,1-4,9-14,21H2,(H,22,25)/t17-,18-,19-/m1/s1. The zero-order valence-corrected chi connectivity index (χ0v) is 15.8. The lowest BCUT2D eigenvalue weighted by Gasteiger charge is -2.38. The number of nitrogens with zero attached hydrogens (tertiary/aromatic N) is 1. The van der Waals surface area contributed by atoms with Crippen LogP contribution in [0.25, 0.3) is 0 Å². The number of morpholine rings is 1. The van der Waals surface area contributed by atoms with Crippen LogP contribution in [-0.4, -0.2) is 73.6 Å². The molecule has 1 aromatic carbocycles. The molecule has 0 aromatic heterocycles. The van der Waals surface area contributed by atoms with Crippen molar-refractivity contribution in [2.45, 2.75) is 43.9 Å². The minimum atomic E-state index is -0.568. The number of hydrogen-bond donors (Lipinski definition) is 3. The normalized spacial score (nSPS) is 27.0. The van der Waals surface area contributed by atoms with E-state index >= 15 is 0 Å².